The zero-order valence-corrected chi connectivity index (χ0v) is 17.8. The van der Waals surface area contributed by atoms with Crippen molar-refractivity contribution in [2.45, 2.75) is 20.4 Å². The number of hydrogen-bond donors (Lipinski definition) is 1. The van der Waals surface area contributed by atoms with Crippen LogP contribution in [0.3, 0.4) is 0 Å². The van der Waals surface area contributed by atoms with Gasteiger partial charge in [0.1, 0.15) is 11.5 Å². The molecule has 0 saturated heterocycles. The fourth-order valence-electron chi connectivity index (χ4n) is 3.08. The molecule has 0 aliphatic heterocycles. The number of aryl methyl sites for hydroxylation is 1. The first-order valence-corrected chi connectivity index (χ1v) is 9.55. The largest absolute Gasteiger partial charge is 0.497 e. The Morgan fingerprint density at radius 1 is 1.14 bits per heavy atom. The maximum atomic E-state index is 12.8. The Labute approximate surface area is 172 Å². The average molecular weight is 444 g/mol. The molecule has 146 valence electrons. The van der Waals surface area contributed by atoms with Gasteiger partial charge < -0.3 is 14.8 Å². The van der Waals surface area contributed by atoms with E-state index in [1.165, 1.54) is 7.11 Å². The standard InChI is InChI=1S/C21H22BrN3O3/c1-13-18(14(2)25(24-13)15-8-6-5-7-9-15)12-23-21(26)17-10-16(27-3)11-19(22)20(17)28-4/h5-11H,12H2,1-4H3,(H,23,26). The predicted octanol–water partition coefficient (Wildman–Crippen LogP) is 4.20. The predicted molar refractivity (Wildman–Crippen MR) is 111 cm³/mol. The summed E-state index contributed by atoms with van der Waals surface area (Å²) in [5.74, 6) is 0.788. The van der Waals surface area contributed by atoms with Crippen molar-refractivity contribution in [3.8, 4) is 17.2 Å². The molecule has 0 bridgehead atoms. The van der Waals surface area contributed by atoms with E-state index in [1.54, 1.807) is 19.2 Å². The SMILES string of the molecule is COc1cc(Br)c(OC)c(C(=O)NCc2c(C)nn(-c3ccccc3)c2C)c1. The molecule has 3 aromatic rings. The molecule has 1 aromatic heterocycles. The van der Waals surface area contributed by atoms with Crippen molar-refractivity contribution in [3.05, 3.63) is 69.5 Å². The molecule has 0 fully saturated rings. The summed E-state index contributed by atoms with van der Waals surface area (Å²) in [4.78, 5) is 12.8. The lowest BCUT2D eigenvalue weighted by Gasteiger charge is -2.13. The maximum absolute atomic E-state index is 12.8. The number of amides is 1. The Morgan fingerprint density at radius 2 is 1.86 bits per heavy atom. The van der Waals surface area contributed by atoms with E-state index < -0.39 is 0 Å². The third kappa shape index (κ3) is 3.89. The molecule has 0 aliphatic rings. The van der Waals surface area contributed by atoms with Gasteiger partial charge in [0.05, 0.1) is 35.6 Å². The van der Waals surface area contributed by atoms with Crippen LogP contribution in [0.15, 0.2) is 46.9 Å². The molecule has 0 saturated carbocycles. The molecule has 0 spiro atoms. The molecule has 7 heteroatoms. The second-order valence-corrected chi connectivity index (χ2v) is 7.12. The molecule has 0 radical (unpaired) electrons. The van der Waals surface area contributed by atoms with Crippen molar-refractivity contribution < 1.29 is 14.3 Å². The van der Waals surface area contributed by atoms with Crippen molar-refractivity contribution in [3.63, 3.8) is 0 Å². The van der Waals surface area contributed by atoms with E-state index in [0.717, 1.165) is 22.6 Å². The summed E-state index contributed by atoms with van der Waals surface area (Å²) in [6.45, 7) is 4.30. The van der Waals surface area contributed by atoms with Gasteiger partial charge in [-0.3, -0.25) is 4.79 Å². The summed E-state index contributed by atoms with van der Waals surface area (Å²) in [7, 11) is 3.09. The van der Waals surface area contributed by atoms with Gasteiger partial charge in [-0.1, -0.05) is 18.2 Å². The van der Waals surface area contributed by atoms with Crippen LogP contribution in [0, 0.1) is 13.8 Å². The number of para-hydroxylation sites is 1. The highest BCUT2D eigenvalue weighted by molar-refractivity contribution is 9.10. The molecule has 0 atom stereocenters. The lowest BCUT2D eigenvalue weighted by atomic mass is 10.1. The molecular formula is C21H22BrN3O3. The van der Waals surface area contributed by atoms with Gasteiger partial charge in [-0.05, 0) is 54.0 Å². The molecule has 0 unspecified atom stereocenters. The molecular weight excluding hydrogens is 422 g/mol. The number of nitrogens with one attached hydrogen (secondary N) is 1. The first-order chi connectivity index (χ1) is 13.5. The van der Waals surface area contributed by atoms with E-state index >= 15 is 0 Å². The van der Waals surface area contributed by atoms with E-state index in [2.05, 4.69) is 26.3 Å². The maximum Gasteiger partial charge on any atom is 0.255 e. The number of carbonyl (C=O) groups excluding carboxylic acids is 1. The quantitative estimate of drug-likeness (QED) is 0.619. The number of ether oxygens (including phenoxy) is 2. The Kier molecular flexibility index (Phi) is 6.04. The highest BCUT2D eigenvalue weighted by Crippen LogP contribution is 2.33. The molecule has 3 rings (SSSR count). The number of halogens is 1. The number of methoxy groups -OCH3 is 2. The van der Waals surface area contributed by atoms with Crippen LogP contribution < -0.4 is 14.8 Å². The summed E-state index contributed by atoms with van der Waals surface area (Å²) in [5, 5.41) is 7.59. The van der Waals surface area contributed by atoms with Crippen LogP contribution in [0.5, 0.6) is 11.5 Å². The summed E-state index contributed by atoms with van der Waals surface area (Å²) in [6.07, 6.45) is 0. The molecule has 1 amide bonds. The third-order valence-electron chi connectivity index (χ3n) is 4.57. The van der Waals surface area contributed by atoms with E-state index in [1.807, 2.05) is 48.9 Å². The Morgan fingerprint density at radius 3 is 2.50 bits per heavy atom. The Bertz CT molecular complexity index is 1000. The summed E-state index contributed by atoms with van der Waals surface area (Å²) in [6, 6.07) is 13.3. The number of nitrogens with zero attached hydrogens (tertiary/aromatic N) is 2. The van der Waals surface area contributed by atoms with Gasteiger partial charge in [0, 0.05) is 17.8 Å². The zero-order valence-electron chi connectivity index (χ0n) is 16.2. The lowest BCUT2D eigenvalue weighted by molar-refractivity contribution is 0.0947. The van der Waals surface area contributed by atoms with Crippen LogP contribution >= 0.6 is 15.9 Å². The normalized spacial score (nSPS) is 10.6. The van der Waals surface area contributed by atoms with E-state index in [9.17, 15) is 4.79 Å². The summed E-state index contributed by atoms with van der Waals surface area (Å²) in [5.41, 5.74) is 4.24. The van der Waals surface area contributed by atoms with Gasteiger partial charge in [-0.15, -0.1) is 0 Å². The van der Waals surface area contributed by atoms with Gasteiger partial charge >= 0.3 is 0 Å². The van der Waals surface area contributed by atoms with Crippen molar-refractivity contribution >= 4 is 21.8 Å². The zero-order chi connectivity index (χ0) is 20.3. The van der Waals surface area contributed by atoms with Gasteiger partial charge in [0.2, 0.25) is 0 Å². The van der Waals surface area contributed by atoms with Gasteiger partial charge in [-0.25, -0.2) is 4.68 Å². The van der Waals surface area contributed by atoms with Gasteiger partial charge in [0.25, 0.3) is 5.91 Å². The minimum Gasteiger partial charge on any atom is -0.497 e. The van der Waals surface area contributed by atoms with Crippen molar-refractivity contribution in [1.82, 2.24) is 15.1 Å². The van der Waals surface area contributed by atoms with Crippen molar-refractivity contribution in [2.75, 3.05) is 14.2 Å². The summed E-state index contributed by atoms with van der Waals surface area (Å²) < 4.78 is 13.2. The molecule has 6 nitrogen and oxygen atoms in total. The highest BCUT2D eigenvalue weighted by Gasteiger charge is 2.19. The van der Waals surface area contributed by atoms with Crippen molar-refractivity contribution in [2.24, 2.45) is 0 Å². The van der Waals surface area contributed by atoms with Crippen LogP contribution in [0.2, 0.25) is 0 Å². The molecule has 1 heterocycles. The van der Waals surface area contributed by atoms with Gasteiger partial charge in [-0.2, -0.15) is 5.10 Å². The van der Waals surface area contributed by atoms with E-state index in [-0.39, 0.29) is 5.91 Å². The van der Waals surface area contributed by atoms with E-state index in [0.29, 0.717) is 28.1 Å². The molecule has 28 heavy (non-hydrogen) atoms. The number of benzene rings is 2. The number of aromatic nitrogens is 2. The van der Waals surface area contributed by atoms with Crippen LogP contribution in [-0.2, 0) is 6.54 Å². The summed E-state index contributed by atoms with van der Waals surface area (Å²) >= 11 is 3.42. The lowest BCUT2D eigenvalue weighted by Crippen LogP contribution is -2.24. The van der Waals surface area contributed by atoms with Crippen molar-refractivity contribution in [1.29, 1.82) is 0 Å². The van der Waals surface area contributed by atoms with Gasteiger partial charge in [0.15, 0.2) is 0 Å². The fraction of sp³-hybridized carbons (Fsp3) is 0.238. The fourth-order valence-corrected chi connectivity index (χ4v) is 3.68. The first kappa shape index (κ1) is 19.9. The minimum atomic E-state index is -0.247. The topological polar surface area (TPSA) is 65.4 Å². The minimum absolute atomic E-state index is 0.247. The molecule has 0 aliphatic carbocycles. The van der Waals surface area contributed by atoms with Crippen LogP contribution in [-0.4, -0.2) is 29.9 Å². The van der Waals surface area contributed by atoms with Crippen LogP contribution in [0.25, 0.3) is 5.69 Å². The second kappa shape index (κ2) is 8.48. The second-order valence-electron chi connectivity index (χ2n) is 6.27. The monoisotopic (exact) mass is 443 g/mol. The molecule has 1 N–H and O–H groups in total. The number of hydrogen-bond acceptors (Lipinski definition) is 4. The smallest absolute Gasteiger partial charge is 0.255 e. The first-order valence-electron chi connectivity index (χ1n) is 8.76. The van der Waals surface area contributed by atoms with Crippen LogP contribution in [0.1, 0.15) is 27.3 Å². The van der Waals surface area contributed by atoms with E-state index in [4.69, 9.17) is 9.47 Å². The molecule has 2 aromatic carbocycles. The van der Waals surface area contributed by atoms with Crippen LogP contribution in [0.4, 0.5) is 0 Å². The Balaban J connectivity index is 1.85. The number of carbonyl (C=O) groups is 1. The highest BCUT2D eigenvalue weighted by atomic mass is 79.9. The number of rotatable bonds is 6. The Hall–Kier alpha value is -2.80. The average Bonchev–Trinajstić information content (AvgIpc) is 2.99. The third-order valence-corrected chi connectivity index (χ3v) is 5.16.